The number of thioether (sulfide) groups is 1. The van der Waals surface area contributed by atoms with Gasteiger partial charge in [0.15, 0.2) is 0 Å². The van der Waals surface area contributed by atoms with Crippen LogP contribution in [0.3, 0.4) is 0 Å². The standard InChI is InChI=1S/C10H17ClN2S2/c1-14-6-4-2-3-5-12-8-10-13-7-9(11)15-10/h7,12H,2-6,8H2,1H3. The summed E-state index contributed by atoms with van der Waals surface area (Å²) in [7, 11) is 0. The number of aromatic nitrogens is 1. The van der Waals surface area contributed by atoms with E-state index in [-0.39, 0.29) is 0 Å². The van der Waals surface area contributed by atoms with Crippen molar-refractivity contribution < 1.29 is 0 Å². The number of hydrogen-bond donors (Lipinski definition) is 1. The highest BCUT2D eigenvalue weighted by molar-refractivity contribution is 7.98. The molecule has 0 aliphatic carbocycles. The van der Waals surface area contributed by atoms with Gasteiger partial charge in [-0.05, 0) is 31.4 Å². The fourth-order valence-electron chi connectivity index (χ4n) is 1.24. The molecule has 1 aromatic heterocycles. The van der Waals surface area contributed by atoms with Gasteiger partial charge >= 0.3 is 0 Å². The van der Waals surface area contributed by atoms with E-state index in [1.165, 1.54) is 25.0 Å². The molecule has 86 valence electrons. The molecule has 0 spiro atoms. The number of unbranched alkanes of at least 4 members (excludes halogenated alkanes) is 2. The second kappa shape index (κ2) is 8.39. The molecule has 0 fully saturated rings. The van der Waals surface area contributed by atoms with Gasteiger partial charge in [0, 0.05) is 6.54 Å². The first-order valence-electron chi connectivity index (χ1n) is 5.13. The van der Waals surface area contributed by atoms with E-state index in [1.54, 1.807) is 17.5 Å². The lowest BCUT2D eigenvalue weighted by Crippen LogP contribution is -2.14. The number of hydrogen-bond acceptors (Lipinski definition) is 4. The first-order chi connectivity index (χ1) is 7.33. The Kier molecular flexibility index (Phi) is 7.44. The van der Waals surface area contributed by atoms with E-state index in [0.29, 0.717) is 0 Å². The molecule has 0 unspecified atom stereocenters. The monoisotopic (exact) mass is 264 g/mol. The lowest BCUT2D eigenvalue weighted by molar-refractivity contribution is 0.617. The summed E-state index contributed by atoms with van der Waals surface area (Å²) in [5.41, 5.74) is 0. The van der Waals surface area contributed by atoms with Gasteiger partial charge in [-0.1, -0.05) is 18.0 Å². The maximum Gasteiger partial charge on any atom is 0.113 e. The summed E-state index contributed by atoms with van der Waals surface area (Å²) in [5.74, 6) is 1.28. The minimum Gasteiger partial charge on any atom is -0.310 e. The summed E-state index contributed by atoms with van der Waals surface area (Å²) in [6, 6.07) is 0. The maximum absolute atomic E-state index is 5.78. The van der Waals surface area contributed by atoms with Crippen molar-refractivity contribution in [3.63, 3.8) is 0 Å². The zero-order chi connectivity index (χ0) is 10.9. The number of halogens is 1. The molecule has 15 heavy (non-hydrogen) atoms. The highest BCUT2D eigenvalue weighted by Gasteiger charge is 1.98. The minimum atomic E-state index is 0.770. The Bertz CT molecular complexity index is 266. The molecular formula is C10H17ClN2S2. The Balaban J connectivity index is 1.93. The lowest BCUT2D eigenvalue weighted by Gasteiger charge is -2.01. The first-order valence-corrected chi connectivity index (χ1v) is 7.71. The molecule has 0 saturated carbocycles. The van der Waals surface area contributed by atoms with Gasteiger partial charge in [0.25, 0.3) is 0 Å². The van der Waals surface area contributed by atoms with Crippen molar-refractivity contribution in [3.05, 3.63) is 15.5 Å². The van der Waals surface area contributed by atoms with E-state index in [0.717, 1.165) is 22.4 Å². The van der Waals surface area contributed by atoms with Crippen LogP contribution in [0.5, 0.6) is 0 Å². The Hall–Kier alpha value is 0.230. The first kappa shape index (κ1) is 13.3. The normalized spacial score (nSPS) is 10.8. The van der Waals surface area contributed by atoms with Crippen LogP contribution in [0, 0.1) is 0 Å². The Morgan fingerprint density at radius 3 is 3.00 bits per heavy atom. The highest BCUT2D eigenvalue weighted by atomic mass is 35.5. The second-order valence-corrected chi connectivity index (χ2v) is 6.02. The van der Waals surface area contributed by atoms with Crippen molar-refractivity contribution in [2.75, 3.05) is 18.6 Å². The van der Waals surface area contributed by atoms with Crippen molar-refractivity contribution >= 4 is 34.7 Å². The number of nitrogens with one attached hydrogen (secondary N) is 1. The van der Waals surface area contributed by atoms with Gasteiger partial charge in [-0.3, -0.25) is 0 Å². The van der Waals surface area contributed by atoms with Crippen molar-refractivity contribution in [2.45, 2.75) is 25.8 Å². The fourth-order valence-corrected chi connectivity index (χ4v) is 2.66. The van der Waals surface area contributed by atoms with E-state index in [1.807, 2.05) is 11.8 Å². The van der Waals surface area contributed by atoms with Crippen molar-refractivity contribution in [2.24, 2.45) is 0 Å². The summed E-state index contributed by atoms with van der Waals surface area (Å²) in [5, 5.41) is 4.45. The third kappa shape index (κ3) is 6.40. The Labute approximate surface area is 105 Å². The van der Waals surface area contributed by atoms with E-state index in [9.17, 15) is 0 Å². The van der Waals surface area contributed by atoms with Crippen LogP contribution in [0.4, 0.5) is 0 Å². The largest absolute Gasteiger partial charge is 0.310 e. The van der Waals surface area contributed by atoms with Gasteiger partial charge in [0.1, 0.15) is 9.34 Å². The number of nitrogens with zero attached hydrogens (tertiary/aromatic N) is 1. The zero-order valence-corrected chi connectivity index (χ0v) is 11.4. The zero-order valence-electron chi connectivity index (χ0n) is 8.96. The van der Waals surface area contributed by atoms with E-state index in [2.05, 4.69) is 16.6 Å². The topological polar surface area (TPSA) is 24.9 Å². The van der Waals surface area contributed by atoms with Crippen LogP contribution in [-0.2, 0) is 6.54 Å². The Morgan fingerprint density at radius 1 is 1.47 bits per heavy atom. The molecule has 0 aliphatic heterocycles. The number of thiazole rings is 1. The van der Waals surface area contributed by atoms with Crippen molar-refractivity contribution in [3.8, 4) is 0 Å². The Morgan fingerprint density at radius 2 is 2.33 bits per heavy atom. The highest BCUT2D eigenvalue weighted by Crippen LogP contribution is 2.17. The minimum absolute atomic E-state index is 0.770. The summed E-state index contributed by atoms with van der Waals surface area (Å²) in [6.45, 7) is 1.92. The summed E-state index contributed by atoms with van der Waals surface area (Å²) < 4.78 is 0.770. The molecule has 0 radical (unpaired) electrons. The van der Waals surface area contributed by atoms with Crippen LogP contribution >= 0.6 is 34.7 Å². The van der Waals surface area contributed by atoms with Crippen molar-refractivity contribution in [1.82, 2.24) is 10.3 Å². The van der Waals surface area contributed by atoms with Crippen LogP contribution in [0.1, 0.15) is 24.3 Å². The molecule has 1 rings (SSSR count). The average Bonchev–Trinajstić information content (AvgIpc) is 2.63. The SMILES string of the molecule is CSCCCCCNCc1ncc(Cl)s1. The van der Waals surface area contributed by atoms with Crippen LogP contribution < -0.4 is 5.32 Å². The van der Waals surface area contributed by atoms with Gasteiger partial charge in [0.05, 0.1) is 6.20 Å². The van der Waals surface area contributed by atoms with Gasteiger partial charge in [-0.2, -0.15) is 11.8 Å². The number of rotatable bonds is 8. The lowest BCUT2D eigenvalue weighted by atomic mass is 10.2. The summed E-state index contributed by atoms with van der Waals surface area (Å²) in [4.78, 5) is 4.18. The molecule has 0 aliphatic rings. The third-order valence-electron chi connectivity index (χ3n) is 2.00. The van der Waals surface area contributed by atoms with Crippen LogP contribution in [0.15, 0.2) is 6.20 Å². The van der Waals surface area contributed by atoms with E-state index >= 15 is 0 Å². The molecule has 0 atom stereocenters. The molecule has 1 aromatic rings. The van der Waals surface area contributed by atoms with Crippen LogP contribution in [0.2, 0.25) is 4.34 Å². The molecular weight excluding hydrogens is 248 g/mol. The molecule has 2 nitrogen and oxygen atoms in total. The van der Waals surface area contributed by atoms with Gasteiger partial charge in [0.2, 0.25) is 0 Å². The molecule has 0 saturated heterocycles. The van der Waals surface area contributed by atoms with Gasteiger partial charge in [-0.25, -0.2) is 4.98 Å². The predicted octanol–water partition coefficient (Wildman–Crippen LogP) is 3.42. The average molecular weight is 265 g/mol. The molecule has 0 bridgehead atoms. The molecule has 1 N–H and O–H groups in total. The molecule has 0 amide bonds. The molecule has 1 heterocycles. The predicted molar refractivity (Wildman–Crippen MR) is 71.1 cm³/mol. The quantitative estimate of drug-likeness (QED) is 0.729. The summed E-state index contributed by atoms with van der Waals surface area (Å²) >= 11 is 9.25. The van der Waals surface area contributed by atoms with Crippen LogP contribution in [-0.4, -0.2) is 23.5 Å². The van der Waals surface area contributed by atoms with Gasteiger partial charge < -0.3 is 5.32 Å². The maximum atomic E-state index is 5.78. The van der Waals surface area contributed by atoms with E-state index in [4.69, 9.17) is 11.6 Å². The second-order valence-electron chi connectivity index (χ2n) is 3.29. The summed E-state index contributed by atoms with van der Waals surface area (Å²) in [6.07, 6.45) is 7.75. The third-order valence-corrected chi connectivity index (χ3v) is 3.82. The molecule has 5 heteroatoms. The fraction of sp³-hybridized carbons (Fsp3) is 0.700. The van der Waals surface area contributed by atoms with Crippen LogP contribution in [0.25, 0.3) is 0 Å². The smallest absolute Gasteiger partial charge is 0.113 e. The van der Waals surface area contributed by atoms with E-state index < -0.39 is 0 Å². The van der Waals surface area contributed by atoms with Gasteiger partial charge in [-0.15, -0.1) is 11.3 Å². The molecule has 0 aromatic carbocycles. The van der Waals surface area contributed by atoms with Crippen molar-refractivity contribution in [1.29, 1.82) is 0 Å².